The fraction of sp³-hybridized carbons (Fsp3) is 0.727. The number of hydrogen-bond acceptors (Lipinski definition) is 1. The predicted octanol–water partition coefficient (Wildman–Crippen LogP) is 5.85. The molecular weight excluding hydrogens is 280 g/mol. The van der Waals surface area contributed by atoms with E-state index in [0.29, 0.717) is 6.61 Å². The quantitative estimate of drug-likeness (QED) is 0.723. The Kier molecular flexibility index (Phi) is 6.16. The number of benzene rings is 1. The highest BCUT2D eigenvalue weighted by molar-refractivity contribution is 5.24. The molecule has 1 N–H and O–H groups in total. The molecule has 2 fully saturated rings. The van der Waals surface area contributed by atoms with Crippen LogP contribution < -0.4 is 0 Å². The monoisotopic (exact) mass is 314 g/mol. The highest BCUT2D eigenvalue weighted by Crippen LogP contribution is 2.44. The molecule has 0 aromatic heterocycles. The van der Waals surface area contributed by atoms with Gasteiger partial charge in [0, 0.05) is 6.61 Å². The van der Waals surface area contributed by atoms with Crippen molar-refractivity contribution < 1.29 is 5.11 Å². The van der Waals surface area contributed by atoms with Gasteiger partial charge in [-0.25, -0.2) is 0 Å². The Morgan fingerprint density at radius 3 is 1.96 bits per heavy atom. The van der Waals surface area contributed by atoms with Crippen LogP contribution in [0.25, 0.3) is 0 Å². The Morgan fingerprint density at radius 1 is 0.826 bits per heavy atom. The molecule has 2 aliphatic rings. The molecule has 0 unspecified atom stereocenters. The third-order valence-corrected chi connectivity index (χ3v) is 6.65. The minimum Gasteiger partial charge on any atom is -0.396 e. The molecule has 2 saturated carbocycles. The molecule has 0 aliphatic heterocycles. The van der Waals surface area contributed by atoms with Gasteiger partial charge in [-0.2, -0.15) is 0 Å². The molecule has 0 bridgehead atoms. The lowest BCUT2D eigenvalue weighted by atomic mass is 9.68. The summed E-state index contributed by atoms with van der Waals surface area (Å²) in [6, 6.07) is 9.25. The van der Waals surface area contributed by atoms with Crippen LogP contribution in [0.15, 0.2) is 24.3 Å². The molecular formula is C22H34O. The standard InChI is InChI=1S/C22H34O/c1-17-4-8-19(9-5-17)21-12-14-22(15-13-21)20-10-6-18(7-11-20)3-2-16-23/h4-5,8-9,18,20-23H,2-3,6-7,10-16H2,1H3. The lowest BCUT2D eigenvalue weighted by molar-refractivity contribution is 0.152. The van der Waals surface area contributed by atoms with E-state index in [0.717, 1.165) is 30.1 Å². The van der Waals surface area contributed by atoms with Crippen LogP contribution in [-0.4, -0.2) is 11.7 Å². The zero-order valence-corrected chi connectivity index (χ0v) is 14.8. The topological polar surface area (TPSA) is 20.2 Å². The van der Waals surface area contributed by atoms with Gasteiger partial charge in [0.25, 0.3) is 0 Å². The van der Waals surface area contributed by atoms with Crippen molar-refractivity contribution in [2.75, 3.05) is 6.61 Å². The van der Waals surface area contributed by atoms with Crippen molar-refractivity contribution >= 4 is 0 Å². The van der Waals surface area contributed by atoms with Crippen molar-refractivity contribution in [2.24, 2.45) is 17.8 Å². The Bertz CT molecular complexity index is 447. The maximum absolute atomic E-state index is 8.99. The highest BCUT2D eigenvalue weighted by Gasteiger charge is 2.31. The van der Waals surface area contributed by atoms with Gasteiger partial charge in [-0.05, 0) is 87.5 Å². The summed E-state index contributed by atoms with van der Waals surface area (Å²) in [5, 5.41) is 8.99. The fourth-order valence-corrected chi connectivity index (χ4v) is 5.09. The van der Waals surface area contributed by atoms with Crippen molar-refractivity contribution in [1.82, 2.24) is 0 Å². The molecule has 0 heterocycles. The summed E-state index contributed by atoms with van der Waals surface area (Å²) in [6.07, 6.45) is 13.7. The first-order valence-electron chi connectivity index (χ1n) is 9.93. The highest BCUT2D eigenvalue weighted by atomic mass is 16.2. The largest absolute Gasteiger partial charge is 0.396 e. The van der Waals surface area contributed by atoms with Crippen LogP contribution in [0.5, 0.6) is 0 Å². The van der Waals surface area contributed by atoms with Gasteiger partial charge in [0.05, 0.1) is 0 Å². The summed E-state index contributed by atoms with van der Waals surface area (Å²) in [5.41, 5.74) is 2.95. The van der Waals surface area contributed by atoms with E-state index in [1.54, 1.807) is 5.56 Å². The zero-order chi connectivity index (χ0) is 16.1. The van der Waals surface area contributed by atoms with Crippen LogP contribution in [0.1, 0.15) is 81.3 Å². The smallest absolute Gasteiger partial charge is 0.0431 e. The summed E-state index contributed by atoms with van der Waals surface area (Å²) in [5.74, 6) is 3.71. The molecule has 0 radical (unpaired) electrons. The number of hydrogen-bond donors (Lipinski definition) is 1. The fourth-order valence-electron chi connectivity index (χ4n) is 5.09. The average molecular weight is 315 g/mol. The van der Waals surface area contributed by atoms with E-state index in [2.05, 4.69) is 31.2 Å². The SMILES string of the molecule is Cc1ccc(C2CCC(C3CCC(CCCO)CC3)CC2)cc1. The number of aliphatic hydroxyl groups is 1. The van der Waals surface area contributed by atoms with Gasteiger partial charge in [0.1, 0.15) is 0 Å². The summed E-state index contributed by atoms with van der Waals surface area (Å²) in [4.78, 5) is 0. The van der Waals surface area contributed by atoms with Crippen LogP contribution in [0.2, 0.25) is 0 Å². The third kappa shape index (κ3) is 4.59. The molecule has 0 spiro atoms. The summed E-state index contributed by atoms with van der Waals surface area (Å²) in [6.45, 7) is 2.56. The first-order chi connectivity index (χ1) is 11.3. The molecule has 0 atom stereocenters. The van der Waals surface area contributed by atoms with Crippen molar-refractivity contribution in [3.8, 4) is 0 Å². The molecule has 0 saturated heterocycles. The van der Waals surface area contributed by atoms with Crippen LogP contribution in [0.4, 0.5) is 0 Å². The molecule has 1 nitrogen and oxygen atoms in total. The second-order valence-corrected chi connectivity index (χ2v) is 8.17. The van der Waals surface area contributed by atoms with E-state index in [-0.39, 0.29) is 0 Å². The first-order valence-corrected chi connectivity index (χ1v) is 9.93. The van der Waals surface area contributed by atoms with Crippen LogP contribution >= 0.6 is 0 Å². The van der Waals surface area contributed by atoms with Gasteiger partial charge < -0.3 is 5.11 Å². The molecule has 3 rings (SSSR count). The third-order valence-electron chi connectivity index (χ3n) is 6.65. The van der Waals surface area contributed by atoms with Gasteiger partial charge in [0.2, 0.25) is 0 Å². The van der Waals surface area contributed by atoms with Crippen molar-refractivity contribution in [2.45, 2.75) is 77.0 Å². The second-order valence-electron chi connectivity index (χ2n) is 8.17. The van der Waals surface area contributed by atoms with Crippen molar-refractivity contribution in [3.05, 3.63) is 35.4 Å². The summed E-state index contributed by atoms with van der Waals surface area (Å²) < 4.78 is 0. The minimum atomic E-state index is 0.378. The number of aliphatic hydroxyl groups excluding tert-OH is 1. The predicted molar refractivity (Wildman–Crippen MR) is 97.6 cm³/mol. The minimum absolute atomic E-state index is 0.378. The molecule has 1 aromatic carbocycles. The van der Waals surface area contributed by atoms with Crippen LogP contribution in [0, 0.1) is 24.7 Å². The van der Waals surface area contributed by atoms with Gasteiger partial charge >= 0.3 is 0 Å². The van der Waals surface area contributed by atoms with E-state index in [1.807, 2.05) is 0 Å². The Morgan fingerprint density at radius 2 is 1.39 bits per heavy atom. The molecule has 128 valence electrons. The normalized spacial score (nSPS) is 31.9. The maximum atomic E-state index is 8.99. The molecule has 0 amide bonds. The summed E-state index contributed by atoms with van der Waals surface area (Å²) in [7, 11) is 0. The van der Waals surface area contributed by atoms with Gasteiger partial charge in [-0.1, -0.05) is 42.7 Å². The summed E-state index contributed by atoms with van der Waals surface area (Å²) >= 11 is 0. The lowest BCUT2D eigenvalue weighted by Crippen LogP contribution is -2.25. The Hall–Kier alpha value is -0.820. The lowest BCUT2D eigenvalue weighted by Gasteiger charge is -2.38. The van der Waals surface area contributed by atoms with Crippen molar-refractivity contribution in [3.63, 3.8) is 0 Å². The van der Waals surface area contributed by atoms with Crippen LogP contribution in [0.3, 0.4) is 0 Å². The van der Waals surface area contributed by atoms with Crippen LogP contribution in [-0.2, 0) is 0 Å². The van der Waals surface area contributed by atoms with E-state index in [4.69, 9.17) is 5.11 Å². The molecule has 23 heavy (non-hydrogen) atoms. The molecule has 1 heteroatoms. The average Bonchev–Trinajstić information content (AvgIpc) is 2.61. The molecule has 1 aromatic rings. The zero-order valence-electron chi connectivity index (χ0n) is 14.8. The first kappa shape index (κ1) is 17.0. The molecule has 2 aliphatic carbocycles. The van der Waals surface area contributed by atoms with Gasteiger partial charge in [0.15, 0.2) is 0 Å². The number of aryl methyl sites for hydroxylation is 1. The van der Waals surface area contributed by atoms with E-state index in [1.165, 1.54) is 63.4 Å². The second kappa shape index (κ2) is 8.33. The maximum Gasteiger partial charge on any atom is 0.0431 e. The van der Waals surface area contributed by atoms with E-state index >= 15 is 0 Å². The Balaban J connectivity index is 1.43. The Labute approximate surface area is 142 Å². The van der Waals surface area contributed by atoms with Gasteiger partial charge in [-0.3, -0.25) is 0 Å². The van der Waals surface area contributed by atoms with E-state index < -0.39 is 0 Å². The van der Waals surface area contributed by atoms with E-state index in [9.17, 15) is 0 Å². The van der Waals surface area contributed by atoms with Crippen molar-refractivity contribution in [1.29, 1.82) is 0 Å². The number of rotatable bonds is 5. The van der Waals surface area contributed by atoms with Gasteiger partial charge in [-0.15, -0.1) is 0 Å².